The minimum atomic E-state index is -4.46. The van der Waals surface area contributed by atoms with Gasteiger partial charge >= 0.3 is 12.1 Å². The van der Waals surface area contributed by atoms with Crippen LogP contribution < -0.4 is 5.32 Å². The third-order valence-electron chi connectivity index (χ3n) is 1.70. The van der Waals surface area contributed by atoms with Crippen LogP contribution in [0.2, 0.25) is 0 Å². The number of nitrogens with one attached hydrogen (secondary N) is 1. The van der Waals surface area contributed by atoms with Crippen molar-refractivity contribution in [2.75, 3.05) is 12.4 Å². The van der Waals surface area contributed by atoms with Crippen molar-refractivity contribution in [1.29, 1.82) is 0 Å². The van der Waals surface area contributed by atoms with Crippen molar-refractivity contribution < 1.29 is 23.1 Å². The van der Waals surface area contributed by atoms with Crippen molar-refractivity contribution >= 4 is 11.9 Å². The number of carboxylic acid groups (broad SMARTS) is 1. The van der Waals surface area contributed by atoms with Crippen LogP contribution in [-0.4, -0.2) is 39.1 Å². The predicted molar refractivity (Wildman–Crippen MR) is 47.0 cm³/mol. The number of alkyl halides is 3. The molecule has 0 aliphatic rings. The smallest absolute Gasteiger partial charge is 0.406 e. The number of halogens is 3. The largest absolute Gasteiger partial charge is 0.481 e. The van der Waals surface area contributed by atoms with E-state index in [1.54, 1.807) is 0 Å². The van der Waals surface area contributed by atoms with Crippen LogP contribution in [0.3, 0.4) is 0 Å². The molecular formula is C7H9F3N4O2. The minimum absolute atomic E-state index is 0.117. The van der Waals surface area contributed by atoms with Crippen molar-refractivity contribution in [3.05, 3.63) is 5.82 Å². The Kier molecular flexibility index (Phi) is 3.35. The topological polar surface area (TPSA) is 80.0 Å². The molecule has 0 fully saturated rings. The molecule has 0 unspecified atom stereocenters. The Morgan fingerprint density at radius 2 is 2.12 bits per heavy atom. The van der Waals surface area contributed by atoms with Crippen molar-refractivity contribution in [1.82, 2.24) is 14.8 Å². The van der Waals surface area contributed by atoms with Gasteiger partial charge in [-0.05, 0) is 0 Å². The highest BCUT2D eigenvalue weighted by Gasteiger charge is 2.31. The van der Waals surface area contributed by atoms with Crippen molar-refractivity contribution in [2.24, 2.45) is 0 Å². The molecule has 0 atom stereocenters. The molecule has 1 rings (SSSR count). The molecule has 0 saturated heterocycles. The summed E-state index contributed by atoms with van der Waals surface area (Å²) in [6.07, 6.45) is -5.06. The van der Waals surface area contributed by atoms with E-state index in [9.17, 15) is 18.0 Å². The molecule has 0 amide bonds. The summed E-state index contributed by atoms with van der Waals surface area (Å²) in [6.45, 7) is -1.32. The van der Waals surface area contributed by atoms with Gasteiger partial charge in [0.2, 0.25) is 5.95 Å². The van der Waals surface area contributed by atoms with E-state index < -0.39 is 25.1 Å². The zero-order valence-electron chi connectivity index (χ0n) is 8.25. The highest BCUT2D eigenvalue weighted by molar-refractivity contribution is 5.69. The third kappa shape index (κ3) is 3.11. The molecular weight excluding hydrogens is 229 g/mol. The molecule has 16 heavy (non-hydrogen) atoms. The van der Waals surface area contributed by atoms with Gasteiger partial charge in [-0.3, -0.25) is 9.36 Å². The molecule has 0 aliphatic heterocycles. The van der Waals surface area contributed by atoms with Crippen molar-refractivity contribution in [3.8, 4) is 0 Å². The van der Waals surface area contributed by atoms with Gasteiger partial charge in [-0.25, -0.2) is 0 Å². The fourth-order valence-corrected chi connectivity index (χ4v) is 1.13. The van der Waals surface area contributed by atoms with E-state index in [1.807, 2.05) is 0 Å². The second kappa shape index (κ2) is 4.37. The molecule has 0 spiro atoms. The first-order chi connectivity index (χ1) is 7.33. The maximum Gasteiger partial charge on any atom is 0.406 e. The monoisotopic (exact) mass is 238 g/mol. The highest BCUT2D eigenvalue weighted by atomic mass is 19.4. The number of hydrogen-bond acceptors (Lipinski definition) is 4. The Balaban J connectivity index is 3.01. The molecule has 0 aliphatic carbocycles. The molecule has 6 nitrogen and oxygen atoms in total. The Morgan fingerprint density at radius 1 is 1.50 bits per heavy atom. The van der Waals surface area contributed by atoms with Crippen molar-refractivity contribution in [3.63, 3.8) is 0 Å². The third-order valence-corrected chi connectivity index (χ3v) is 1.70. The average Bonchev–Trinajstić information content (AvgIpc) is 2.45. The Hall–Kier alpha value is -1.80. The van der Waals surface area contributed by atoms with Crippen LogP contribution in [0.5, 0.6) is 0 Å². The summed E-state index contributed by atoms with van der Waals surface area (Å²) in [5.41, 5.74) is 0. The number of nitrogens with zero attached hydrogens (tertiary/aromatic N) is 3. The predicted octanol–water partition coefficient (Wildman–Crippen LogP) is 0.509. The van der Waals surface area contributed by atoms with Crippen molar-refractivity contribution in [2.45, 2.75) is 19.1 Å². The molecule has 0 radical (unpaired) electrons. The number of hydrogen-bond donors (Lipinski definition) is 2. The summed E-state index contributed by atoms with van der Waals surface area (Å²) in [5, 5.41) is 17.7. The first kappa shape index (κ1) is 12.3. The van der Waals surface area contributed by atoms with Crippen LogP contribution in [0.4, 0.5) is 19.1 Å². The zero-order valence-corrected chi connectivity index (χ0v) is 8.25. The molecule has 1 heterocycles. The lowest BCUT2D eigenvalue weighted by molar-refractivity contribution is -0.142. The number of carboxylic acids is 1. The molecule has 1 aromatic heterocycles. The van der Waals surface area contributed by atoms with Gasteiger partial charge in [0.25, 0.3) is 0 Å². The van der Waals surface area contributed by atoms with Gasteiger partial charge in [0, 0.05) is 7.05 Å². The Bertz CT molecular complexity index is 387. The number of aromatic nitrogens is 3. The maximum absolute atomic E-state index is 12.2. The Morgan fingerprint density at radius 3 is 2.56 bits per heavy atom. The Labute approximate surface area is 88.1 Å². The minimum Gasteiger partial charge on any atom is -0.481 e. The molecule has 9 heteroatoms. The number of anilines is 1. The first-order valence-electron chi connectivity index (χ1n) is 4.22. The summed E-state index contributed by atoms with van der Waals surface area (Å²) in [7, 11) is 1.38. The van der Waals surface area contributed by atoms with Crippen LogP contribution in [-0.2, 0) is 17.8 Å². The highest BCUT2D eigenvalue weighted by Crippen LogP contribution is 2.21. The summed E-state index contributed by atoms with van der Waals surface area (Å²) in [4.78, 5) is 10.4. The normalized spacial score (nSPS) is 11.5. The van der Waals surface area contributed by atoms with Crippen LogP contribution in [0.15, 0.2) is 0 Å². The molecule has 90 valence electrons. The first-order valence-corrected chi connectivity index (χ1v) is 4.22. The second-order valence-electron chi connectivity index (χ2n) is 2.96. The van der Waals surface area contributed by atoms with E-state index in [2.05, 4.69) is 15.5 Å². The van der Waals surface area contributed by atoms with Gasteiger partial charge in [0.15, 0.2) is 0 Å². The maximum atomic E-state index is 12.2. The van der Waals surface area contributed by atoms with E-state index in [1.165, 1.54) is 7.05 Å². The van der Waals surface area contributed by atoms with Crippen LogP contribution in [0.25, 0.3) is 0 Å². The molecule has 1 aromatic rings. The van der Waals surface area contributed by atoms with E-state index in [0.717, 1.165) is 0 Å². The summed E-state index contributed by atoms with van der Waals surface area (Å²) < 4.78 is 37.3. The van der Waals surface area contributed by atoms with Gasteiger partial charge in [-0.15, -0.1) is 10.2 Å². The zero-order chi connectivity index (χ0) is 12.3. The fraction of sp³-hybridized carbons (Fsp3) is 0.571. The summed E-state index contributed by atoms with van der Waals surface area (Å²) in [5.74, 6) is -1.62. The second-order valence-corrected chi connectivity index (χ2v) is 2.96. The molecule has 0 aromatic carbocycles. The van der Waals surface area contributed by atoms with E-state index in [0.29, 0.717) is 4.57 Å². The lowest BCUT2D eigenvalue weighted by Gasteiger charge is -2.11. The summed E-state index contributed by atoms with van der Waals surface area (Å²) in [6, 6.07) is 0. The van der Waals surface area contributed by atoms with Crippen LogP contribution in [0, 0.1) is 0 Å². The van der Waals surface area contributed by atoms with Gasteiger partial charge in [-0.1, -0.05) is 0 Å². The van der Waals surface area contributed by atoms with Crippen LogP contribution in [0.1, 0.15) is 5.82 Å². The lowest BCUT2D eigenvalue weighted by Crippen LogP contribution is -2.22. The summed E-state index contributed by atoms with van der Waals surface area (Å²) >= 11 is 0. The molecule has 0 bridgehead atoms. The van der Waals surface area contributed by atoms with Gasteiger partial charge < -0.3 is 10.4 Å². The molecule has 2 N–H and O–H groups in total. The van der Waals surface area contributed by atoms with Gasteiger partial charge in [-0.2, -0.15) is 13.2 Å². The lowest BCUT2D eigenvalue weighted by atomic mass is 10.4. The van der Waals surface area contributed by atoms with Crippen LogP contribution >= 0.6 is 0 Å². The quantitative estimate of drug-likeness (QED) is 0.798. The van der Waals surface area contributed by atoms with Gasteiger partial charge in [0.05, 0.1) is 0 Å². The number of aliphatic carboxylic acids is 1. The fourth-order valence-electron chi connectivity index (χ4n) is 1.13. The van der Waals surface area contributed by atoms with E-state index in [-0.39, 0.29) is 11.8 Å². The number of rotatable bonds is 4. The van der Waals surface area contributed by atoms with E-state index in [4.69, 9.17) is 5.11 Å². The average molecular weight is 238 g/mol. The standard InChI is InChI=1S/C7H9F3N4O2/c1-11-6-13-12-4(2-5(15)16)14(6)3-7(8,9)10/h2-3H2,1H3,(H,11,13)(H,15,16). The molecule has 0 saturated carbocycles. The number of carbonyl (C=O) groups is 1. The van der Waals surface area contributed by atoms with E-state index >= 15 is 0 Å². The van der Waals surface area contributed by atoms with Gasteiger partial charge in [0.1, 0.15) is 18.8 Å². The SMILES string of the molecule is CNc1nnc(CC(=O)O)n1CC(F)(F)F.